The number of fused-ring (bicyclic) bond motifs is 1. The number of phenolic OH excluding ortho intramolecular Hbond substituents is 1. The number of phenols is 1. The summed E-state index contributed by atoms with van der Waals surface area (Å²) >= 11 is 9.31. The number of benzene rings is 2. The Morgan fingerprint density at radius 3 is 2.75 bits per heavy atom. The van der Waals surface area contributed by atoms with E-state index in [4.69, 9.17) is 11.6 Å². The molecule has 0 saturated heterocycles. The van der Waals surface area contributed by atoms with E-state index in [2.05, 4.69) is 15.9 Å². The van der Waals surface area contributed by atoms with Crippen molar-refractivity contribution in [1.82, 2.24) is 0 Å². The Hall–Kier alpha value is -0.800. The molecule has 2 aromatic rings. The van der Waals surface area contributed by atoms with E-state index in [0.29, 0.717) is 21.8 Å². The van der Waals surface area contributed by atoms with Crippen LogP contribution in [0.15, 0.2) is 22.7 Å². The first-order valence-electron chi connectivity index (χ1n) is 4.84. The lowest BCUT2D eigenvalue weighted by Crippen LogP contribution is -1.91. The molecule has 0 fully saturated rings. The third kappa shape index (κ3) is 1.68. The molecule has 0 aliphatic rings. The van der Waals surface area contributed by atoms with Crippen LogP contribution in [0, 0.1) is 5.82 Å². The maximum atomic E-state index is 13.6. The maximum absolute atomic E-state index is 13.6. The van der Waals surface area contributed by atoms with E-state index in [1.807, 2.05) is 6.92 Å². The lowest BCUT2D eigenvalue weighted by molar-refractivity contribution is 0.476. The molecule has 0 amide bonds. The molecule has 0 aromatic heterocycles. The molecular formula is C12H9BrClFO. The zero-order valence-corrected chi connectivity index (χ0v) is 10.9. The van der Waals surface area contributed by atoms with Gasteiger partial charge in [-0.1, -0.05) is 34.5 Å². The van der Waals surface area contributed by atoms with Crippen molar-refractivity contribution >= 4 is 38.3 Å². The minimum absolute atomic E-state index is 0.00490. The summed E-state index contributed by atoms with van der Waals surface area (Å²) in [6.07, 6.45) is 0.572. The van der Waals surface area contributed by atoms with Crippen LogP contribution in [0.5, 0.6) is 5.75 Å². The Morgan fingerprint density at radius 2 is 2.12 bits per heavy atom. The fourth-order valence-corrected chi connectivity index (χ4v) is 2.70. The Kier molecular flexibility index (Phi) is 3.08. The highest BCUT2D eigenvalue weighted by Gasteiger charge is 2.14. The van der Waals surface area contributed by atoms with E-state index in [1.54, 1.807) is 6.07 Å². The van der Waals surface area contributed by atoms with Crippen LogP contribution >= 0.6 is 27.5 Å². The van der Waals surface area contributed by atoms with Crippen LogP contribution in [0.3, 0.4) is 0 Å². The number of aromatic hydroxyl groups is 1. The van der Waals surface area contributed by atoms with Gasteiger partial charge in [-0.3, -0.25) is 0 Å². The molecular weight excluding hydrogens is 294 g/mol. The third-order valence-electron chi connectivity index (χ3n) is 2.57. The van der Waals surface area contributed by atoms with Gasteiger partial charge in [0.2, 0.25) is 0 Å². The first-order valence-corrected chi connectivity index (χ1v) is 6.01. The minimum atomic E-state index is -0.252. The zero-order chi connectivity index (χ0) is 11.9. The Bertz CT molecular complexity index is 569. The van der Waals surface area contributed by atoms with Gasteiger partial charge in [0.25, 0.3) is 0 Å². The Morgan fingerprint density at radius 1 is 1.44 bits per heavy atom. The van der Waals surface area contributed by atoms with Crippen molar-refractivity contribution in [2.45, 2.75) is 13.3 Å². The highest BCUT2D eigenvalue weighted by atomic mass is 79.9. The normalized spacial score (nSPS) is 11.0. The molecule has 84 valence electrons. The monoisotopic (exact) mass is 302 g/mol. The van der Waals surface area contributed by atoms with Gasteiger partial charge in [-0.25, -0.2) is 4.39 Å². The van der Waals surface area contributed by atoms with Gasteiger partial charge in [0.05, 0.1) is 5.02 Å². The van der Waals surface area contributed by atoms with Crippen LogP contribution in [0.1, 0.15) is 12.5 Å². The average Bonchev–Trinajstić information content (AvgIpc) is 2.25. The highest BCUT2D eigenvalue weighted by Crippen LogP contribution is 2.39. The van der Waals surface area contributed by atoms with Gasteiger partial charge in [0, 0.05) is 15.2 Å². The first-order chi connectivity index (χ1) is 7.56. The van der Waals surface area contributed by atoms with Gasteiger partial charge in [-0.2, -0.15) is 0 Å². The summed E-state index contributed by atoms with van der Waals surface area (Å²) in [5.41, 5.74) is 0.603. The molecule has 1 nitrogen and oxygen atoms in total. The van der Waals surface area contributed by atoms with Gasteiger partial charge in [-0.05, 0) is 30.2 Å². The molecule has 4 heteroatoms. The van der Waals surface area contributed by atoms with Crippen molar-refractivity contribution in [2.24, 2.45) is 0 Å². The molecule has 0 spiro atoms. The second kappa shape index (κ2) is 4.22. The molecule has 0 heterocycles. The van der Waals surface area contributed by atoms with Crippen molar-refractivity contribution < 1.29 is 9.50 Å². The van der Waals surface area contributed by atoms with Gasteiger partial charge < -0.3 is 5.11 Å². The van der Waals surface area contributed by atoms with E-state index in [0.717, 1.165) is 5.39 Å². The van der Waals surface area contributed by atoms with E-state index in [-0.39, 0.29) is 16.6 Å². The molecule has 2 rings (SSSR count). The summed E-state index contributed by atoms with van der Waals surface area (Å²) in [6.45, 7) is 1.88. The van der Waals surface area contributed by atoms with Gasteiger partial charge in [-0.15, -0.1) is 0 Å². The fourth-order valence-electron chi connectivity index (χ4n) is 1.82. The quantitative estimate of drug-likeness (QED) is 0.812. The van der Waals surface area contributed by atoms with E-state index < -0.39 is 0 Å². The molecule has 2 aromatic carbocycles. The molecule has 0 saturated carbocycles. The van der Waals surface area contributed by atoms with Crippen molar-refractivity contribution in [3.05, 3.63) is 39.1 Å². The zero-order valence-electron chi connectivity index (χ0n) is 8.52. The number of rotatable bonds is 1. The van der Waals surface area contributed by atoms with Crippen molar-refractivity contribution in [3.63, 3.8) is 0 Å². The van der Waals surface area contributed by atoms with Crippen LogP contribution in [-0.2, 0) is 6.42 Å². The molecule has 1 N–H and O–H groups in total. The number of hydrogen-bond acceptors (Lipinski definition) is 1. The van der Waals surface area contributed by atoms with E-state index in [1.165, 1.54) is 12.1 Å². The largest absolute Gasteiger partial charge is 0.506 e. The van der Waals surface area contributed by atoms with E-state index in [9.17, 15) is 9.50 Å². The summed E-state index contributed by atoms with van der Waals surface area (Å²) in [5.74, 6) is -0.257. The summed E-state index contributed by atoms with van der Waals surface area (Å²) in [6, 6.07) is 4.44. The maximum Gasteiger partial charge on any atom is 0.135 e. The molecule has 0 unspecified atom stereocenters. The third-order valence-corrected chi connectivity index (χ3v) is 3.60. The summed E-state index contributed by atoms with van der Waals surface area (Å²) < 4.78 is 14.3. The topological polar surface area (TPSA) is 20.2 Å². The predicted octanol–water partition coefficient (Wildman–Crippen LogP) is 4.66. The first kappa shape index (κ1) is 11.7. The molecule has 0 atom stereocenters. The van der Waals surface area contributed by atoms with Crippen LogP contribution < -0.4 is 0 Å². The van der Waals surface area contributed by atoms with Crippen LogP contribution in [0.25, 0.3) is 10.8 Å². The smallest absolute Gasteiger partial charge is 0.135 e. The molecule has 0 bridgehead atoms. The summed E-state index contributed by atoms with van der Waals surface area (Å²) in [5, 5.41) is 11.2. The SMILES string of the molecule is CCc1c(F)ccc2c(Cl)c(O)cc(Br)c12. The van der Waals surface area contributed by atoms with Crippen molar-refractivity contribution in [2.75, 3.05) is 0 Å². The lowest BCUT2D eigenvalue weighted by Gasteiger charge is -2.10. The van der Waals surface area contributed by atoms with Crippen molar-refractivity contribution in [3.8, 4) is 5.75 Å². The average molecular weight is 304 g/mol. The molecule has 0 aliphatic heterocycles. The van der Waals surface area contributed by atoms with Gasteiger partial charge >= 0.3 is 0 Å². The van der Waals surface area contributed by atoms with E-state index >= 15 is 0 Å². The fraction of sp³-hybridized carbons (Fsp3) is 0.167. The van der Waals surface area contributed by atoms with Crippen LogP contribution in [0.2, 0.25) is 5.02 Å². The second-order valence-corrected chi connectivity index (χ2v) is 4.73. The number of aryl methyl sites for hydroxylation is 1. The predicted molar refractivity (Wildman–Crippen MR) is 67.7 cm³/mol. The molecule has 0 aliphatic carbocycles. The van der Waals surface area contributed by atoms with Gasteiger partial charge in [0.1, 0.15) is 11.6 Å². The molecule has 0 radical (unpaired) electrons. The highest BCUT2D eigenvalue weighted by molar-refractivity contribution is 9.10. The van der Waals surface area contributed by atoms with Crippen LogP contribution in [-0.4, -0.2) is 5.11 Å². The number of halogens is 3. The van der Waals surface area contributed by atoms with Crippen LogP contribution in [0.4, 0.5) is 4.39 Å². The summed E-state index contributed by atoms with van der Waals surface area (Å²) in [7, 11) is 0. The van der Waals surface area contributed by atoms with Gasteiger partial charge in [0.15, 0.2) is 0 Å². The Labute approximate surface area is 106 Å². The lowest BCUT2D eigenvalue weighted by atomic mass is 10.0. The summed E-state index contributed by atoms with van der Waals surface area (Å²) in [4.78, 5) is 0. The van der Waals surface area contributed by atoms with Crippen molar-refractivity contribution in [1.29, 1.82) is 0 Å². The standard InChI is InChI=1S/C12H9BrClFO/c1-2-6-9(15)4-3-7-11(6)8(13)5-10(16)12(7)14/h3-5,16H,2H2,1H3. The number of hydrogen-bond donors (Lipinski definition) is 1. The molecule has 16 heavy (non-hydrogen) atoms. The second-order valence-electron chi connectivity index (χ2n) is 3.49. The Balaban J connectivity index is 2.99. The minimum Gasteiger partial charge on any atom is -0.506 e.